The molecule has 0 fully saturated rings. The van der Waals surface area contributed by atoms with Crippen molar-refractivity contribution < 1.29 is 17.9 Å². The van der Waals surface area contributed by atoms with Crippen LogP contribution in [0.5, 0.6) is 5.75 Å². The molecule has 30 heavy (non-hydrogen) atoms. The van der Waals surface area contributed by atoms with Crippen molar-refractivity contribution in [1.82, 2.24) is 4.98 Å². The Hall–Kier alpha value is -2.31. The van der Waals surface area contributed by atoms with Gasteiger partial charge in [-0.3, -0.25) is 4.98 Å². The largest absolute Gasteiger partial charge is 0.491 e. The maximum Gasteiger partial charge on any atom is 0.419 e. The number of halogens is 4. The predicted octanol–water partition coefficient (Wildman–Crippen LogP) is 6.72. The van der Waals surface area contributed by atoms with Gasteiger partial charge in [0.1, 0.15) is 12.4 Å². The zero-order chi connectivity index (χ0) is 22.1. The monoisotopic (exact) mass is 436 g/mol. The molecule has 3 nitrogen and oxygen atoms in total. The van der Waals surface area contributed by atoms with E-state index in [4.69, 9.17) is 22.1 Å². The highest BCUT2D eigenvalue weighted by Crippen LogP contribution is 2.40. The first-order chi connectivity index (χ1) is 14.0. The molecular weight excluding hydrogens is 413 g/mol. The zero-order valence-electron chi connectivity index (χ0n) is 17.1. The lowest BCUT2D eigenvalue weighted by Gasteiger charge is -2.27. The third-order valence-corrected chi connectivity index (χ3v) is 4.93. The van der Waals surface area contributed by atoms with E-state index in [2.05, 4.69) is 4.98 Å². The van der Waals surface area contributed by atoms with Crippen LogP contribution in [0.1, 0.15) is 32.8 Å². The van der Waals surface area contributed by atoms with Gasteiger partial charge in [0.2, 0.25) is 0 Å². The van der Waals surface area contributed by atoms with Crippen molar-refractivity contribution in [2.75, 3.05) is 6.61 Å². The van der Waals surface area contributed by atoms with Crippen LogP contribution < -0.4 is 10.5 Å². The number of ether oxygens (including phenoxy) is 1. The fourth-order valence-electron chi connectivity index (χ4n) is 3.67. The van der Waals surface area contributed by atoms with Gasteiger partial charge in [-0.1, -0.05) is 37.6 Å². The molecule has 0 amide bonds. The van der Waals surface area contributed by atoms with E-state index in [0.29, 0.717) is 34.0 Å². The number of benzene rings is 2. The molecule has 160 valence electrons. The maximum absolute atomic E-state index is 13.8. The van der Waals surface area contributed by atoms with Gasteiger partial charge in [-0.25, -0.2) is 0 Å². The smallest absolute Gasteiger partial charge is 0.419 e. The minimum Gasteiger partial charge on any atom is -0.491 e. The number of fused-ring (bicyclic) bond motifs is 1. The molecule has 0 saturated heterocycles. The first kappa shape index (κ1) is 22.4. The molecule has 0 aliphatic heterocycles. The Morgan fingerprint density at radius 3 is 2.53 bits per heavy atom. The second-order valence-electron chi connectivity index (χ2n) is 8.27. The molecule has 1 atom stereocenters. The van der Waals surface area contributed by atoms with Crippen LogP contribution >= 0.6 is 11.6 Å². The summed E-state index contributed by atoms with van der Waals surface area (Å²) >= 11 is 6.18. The number of pyridine rings is 1. The normalized spacial score (nSPS) is 14.2. The first-order valence-electron chi connectivity index (χ1n) is 9.64. The van der Waals surface area contributed by atoms with Crippen LogP contribution in [0.25, 0.3) is 22.0 Å². The highest BCUT2D eigenvalue weighted by Gasteiger charge is 2.35. The molecule has 0 aliphatic carbocycles. The topological polar surface area (TPSA) is 48.1 Å². The third-order valence-electron chi connectivity index (χ3n) is 4.71. The average molecular weight is 437 g/mol. The average Bonchev–Trinajstić information content (AvgIpc) is 2.64. The van der Waals surface area contributed by atoms with Gasteiger partial charge in [0.25, 0.3) is 0 Å². The quantitative estimate of drug-likeness (QED) is 0.466. The Morgan fingerprint density at radius 1 is 1.13 bits per heavy atom. The highest BCUT2D eigenvalue weighted by molar-refractivity contribution is 6.31. The minimum atomic E-state index is -4.58. The molecule has 0 unspecified atom stereocenters. The Balaban J connectivity index is 2.03. The summed E-state index contributed by atoms with van der Waals surface area (Å²) < 4.78 is 47.0. The number of alkyl halides is 3. The van der Waals surface area contributed by atoms with Gasteiger partial charge in [0.15, 0.2) is 0 Å². The van der Waals surface area contributed by atoms with Crippen LogP contribution in [0.15, 0.2) is 48.7 Å². The van der Waals surface area contributed by atoms with Crippen molar-refractivity contribution in [1.29, 1.82) is 0 Å². The summed E-state index contributed by atoms with van der Waals surface area (Å²) in [4.78, 5) is 4.25. The summed E-state index contributed by atoms with van der Waals surface area (Å²) in [5.74, 6) is 0.0638. The third kappa shape index (κ3) is 5.24. The van der Waals surface area contributed by atoms with E-state index in [0.717, 1.165) is 11.5 Å². The van der Waals surface area contributed by atoms with Crippen LogP contribution in [0.4, 0.5) is 13.2 Å². The predicted molar refractivity (Wildman–Crippen MR) is 115 cm³/mol. The lowest BCUT2D eigenvalue weighted by atomic mass is 9.93. The van der Waals surface area contributed by atoms with E-state index in [1.165, 1.54) is 6.07 Å². The van der Waals surface area contributed by atoms with E-state index < -0.39 is 17.3 Å². The van der Waals surface area contributed by atoms with Gasteiger partial charge in [0, 0.05) is 22.1 Å². The lowest BCUT2D eigenvalue weighted by molar-refractivity contribution is -0.139. The van der Waals surface area contributed by atoms with E-state index in [1.54, 1.807) is 43.5 Å². The van der Waals surface area contributed by atoms with Gasteiger partial charge in [-0.15, -0.1) is 0 Å². The molecule has 0 radical (unpaired) electrons. The molecule has 0 aliphatic rings. The summed E-state index contributed by atoms with van der Waals surface area (Å²) in [5, 5.41) is 1.12. The summed E-state index contributed by atoms with van der Waals surface area (Å²) in [6.45, 7) is 5.77. The Kier molecular flexibility index (Phi) is 6.29. The molecule has 2 aromatic carbocycles. The van der Waals surface area contributed by atoms with Crippen LogP contribution in [-0.4, -0.2) is 17.1 Å². The maximum atomic E-state index is 13.8. The number of hydrogen-bond donors (Lipinski definition) is 1. The van der Waals surface area contributed by atoms with Gasteiger partial charge < -0.3 is 10.5 Å². The summed E-state index contributed by atoms with van der Waals surface area (Å²) in [7, 11) is 0. The van der Waals surface area contributed by atoms with Crippen LogP contribution in [-0.2, 0) is 6.18 Å². The second kappa shape index (κ2) is 8.44. The van der Waals surface area contributed by atoms with Crippen molar-refractivity contribution in [2.24, 2.45) is 11.7 Å². The SMILES string of the molecule is CC(C)C[C@](C)(N)COc1ccc(-c2cc(Cl)cc3ncccc23)cc1C(F)(F)F. The Morgan fingerprint density at radius 2 is 1.87 bits per heavy atom. The number of aromatic nitrogens is 1. The Labute approximate surface area is 179 Å². The fourth-order valence-corrected chi connectivity index (χ4v) is 3.88. The number of hydrogen-bond acceptors (Lipinski definition) is 3. The van der Waals surface area contributed by atoms with Crippen LogP contribution in [0, 0.1) is 5.92 Å². The first-order valence-corrected chi connectivity index (χ1v) is 10.0. The molecule has 1 aromatic heterocycles. The standard InChI is InChI=1S/C23H24ClF3N2O/c1-14(2)12-22(3,28)13-30-21-7-6-15(9-19(21)23(25,26)27)18-10-16(24)11-20-17(18)5-4-8-29-20/h4-11,14H,12-13,28H2,1-3H3/t22-/m0/s1. The molecular formula is C23H24ClF3N2O. The molecule has 1 heterocycles. The summed E-state index contributed by atoms with van der Waals surface area (Å²) in [6, 6.07) is 10.9. The fraction of sp³-hybridized carbons (Fsp3) is 0.348. The molecule has 0 bridgehead atoms. The molecule has 7 heteroatoms. The van der Waals surface area contributed by atoms with Gasteiger partial charge >= 0.3 is 6.18 Å². The molecule has 0 saturated carbocycles. The van der Waals surface area contributed by atoms with E-state index in [1.807, 2.05) is 13.8 Å². The number of nitrogens with two attached hydrogens (primary N) is 1. The number of rotatable bonds is 6. The highest BCUT2D eigenvalue weighted by atomic mass is 35.5. The molecule has 3 aromatic rings. The van der Waals surface area contributed by atoms with Gasteiger partial charge in [-0.05, 0) is 60.7 Å². The van der Waals surface area contributed by atoms with Crippen molar-refractivity contribution in [3.05, 3.63) is 59.2 Å². The molecule has 2 N–H and O–H groups in total. The van der Waals surface area contributed by atoms with Gasteiger partial charge in [-0.2, -0.15) is 13.2 Å². The van der Waals surface area contributed by atoms with Crippen LogP contribution in [0.3, 0.4) is 0 Å². The Bertz CT molecular complexity index is 1050. The van der Waals surface area contributed by atoms with E-state index in [9.17, 15) is 13.2 Å². The molecule has 0 spiro atoms. The lowest BCUT2D eigenvalue weighted by Crippen LogP contribution is -2.43. The van der Waals surface area contributed by atoms with E-state index >= 15 is 0 Å². The zero-order valence-corrected chi connectivity index (χ0v) is 17.8. The van der Waals surface area contributed by atoms with Crippen molar-refractivity contribution >= 4 is 22.5 Å². The number of nitrogens with zero attached hydrogens (tertiary/aromatic N) is 1. The van der Waals surface area contributed by atoms with Crippen molar-refractivity contribution in [3.8, 4) is 16.9 Å². The van der Waals surface area contributed by atoms with Crippen molar-refractivity contribution in [2.45, 2.75) is 38.9 Å². The summed E-state index contributed by atoms with van der Waals surface area (Å²) in [5.41, 5.74) is 6.19. The summed E-state index contributed by atoms with van der Waals surface area (Å²) in [6.07, 6.45) is -2.34. The van der Waals surface area contributed by atoms with Crippen molar-refractivity contribution in [3.63, 3.8) is 0 Å². The van der Waals surface area contributed by atoms with Gasteiger partial charge in [0.05, 0.1) is 11.1 Å². The minimum absolute atomic E-state index is 0.0162. The second-order valence-corrected chi connectivity index (χ2v) is 8.71. The van der Waals surface area contributed by atoms with E-state index in [-0.39, 0.29) is 12.4 Å². The molecule has 3 rings (SSSR count). The van der Waals surface area contributed by atoms with Crippen LogP contribution in [0.2, 0.25) is 5.02 Å².